The predicted molar refractivity (Wildman–Crippen MR) is 63.4 cm³/mol. The van der Waals surface area contributed by atoms with Gasteiger partial charge in [-0.05, 0) is 30.0 Å². The van der Waals surface area contributed by atoms with E-state index in [2.05, 4.69) is 4.72 Å². The number of anilines is 1. The highest BCUT2D eigenvalue weighted by molar-refractivity contribution is 7.89. The summed E-state index contributed by atoms with van der Waals surface area (Å²) in [6.45, 7) is 4.08. The zero-order chi connectivity index (χ0) is 12.0. The molecule has 1 atom stereocenters. The molecule has 1 unspecified atom stereocenters. The smallest absolute Gasteiger partial charge is 0.240 e. The van der Waals surface area contributed by atoms with E-state index < -0.39 is 10.0 Å². The zero-order valence-corrected chi connectivity index (χ0v) is 10.2. The van der Waals surface area contributed by atoms with Gasteiger partial charge < -0.3 is 5.73 Å². The summed E-state index contributed by atoms with van der Waals surface area (Å²) in [5.74, 6) is 0. The second-order valence-electron chi connectivity index (χ2n) is 4.94. The van der Waals surface area contributed by atoms with Crippen LogP contribution in [0.15, 0.2) is 29.2 Å². The van der Waals surface area contributed by atoms with Gasteiger partial charge in [0, 0.05) is 11.7 Å². The normalized spacial score (nSPS) is 23.0. The molecule has 1 fully saturated rings. The van der Waals surface area contributed by atoms with E-state index in [9.17, 15) is 8.42 Å². The van der Waals surface area contributed by atoms with Crippen LogP contribution in [0.1, 0.15) is 20.3 Å². The number of nitrogen functional groups attached to an aromatic ring is 1. The Morgan fingerprint density at radius 3 is 2.56 bits per heavy atom. The van der Waals surface area contributed by atoms with Gasteiger partial charge in [-0.25, -0.2) is 13.1 Å². The molecular formula is C11H16N2O2S. The van der Waals surface area contributed by atoms with Crippen LogP contribution in [0, 0.1) is 5.41 Å². The lowest BCUT2D eigenvalue weighted by atomic mass is 10.2. The van der Waals surface area contributed by atoms with Crippen molar-refractivity contribution in [2.45, 2.75) is 31.2 Å². The van der Waals surface area contributed by atoms with Crippen molar-refractivity contribution in [1.82, 2.24) is 4.72 Å². The van der Waals surface area contributed by atoms with E-state index in [-0.39, 0.29) is 16.4 Å². The van der Waals surface area contributed by atoms with Crippen molar-refractivity contribution in [2.24, 2.45) is 5.41 Å². The molecule has 5 heteroatoms. The second-order valence-corrected chi connectivity index (χ2v) is 6.65. The maximum atomic E-state index is 12.0. The Bertz CT molecular complexity index is 508. The Kier molecular flexibility index (Phi) is 2.47. The van der Waals surface area contributed by atoms with Gasteiger partial charge in [0.25, 0.3) is 0 Å². The Morgan fingerprint density at radius 1 is 1.44 bits per heavy atom. The summed E-state index contributed by atoms with van der Waals surface area (Å²) in [6, 6.07) is 6.37. The van der Waals surface area contributed by atoms with Crippen LogP contribution in [0.5, 0.6) is 0 Å². The van der Waals surface area contributed by atoms with Crippen LogP contribution in [-0.2, 0) is 10.0 Å². The van der Waals surface area contributed by atoms with E-state index in [0.29, 0.717) is 5.69 Å². The van der Waals surface area contributed by atoms with Gasteiger partial charge in [-0.2, -0.15) is 0 Å². The molecule has 0 spiro atoms. The average Bonchev–Trinajstić information content (AvgIpc) is 2.72. The fourth-order valence-electron chi connectivity index (χ4n) is 1.61. The monoisotopic (exact) mass is 240 g/mol. The van der Waals surface area contributed by atoms with E-state index in [1.54, 1.807) is 18.2 Å². The van der Waals surface area contributed by atoms with Crippen LogP contribution in [0.4, 0.5) is 5.69 Å². The van der Waals surface area contributed by atoms with E-state index in [1.165, 1.54) is 6.07 Å². The highest BCUT2D eigenvalue weighted by Crippen LogP contribution is 2.45. The molecular weight excluding hydrogens is 224 g/mol. The van der Waals surface area contributed by atoms with E-state index in [4.69, 9.17) is 5.73 Å². The van der Waals surface area contributed by atoms with Crippen LogP contribution < -0.4 is 10.5 Å². The van der Waals surface area contributed by atoms with Crippen molar-refractivity contribution in [3.63, 3.8) is 0 Å². The van der Waals surface area contributed by atoms with Crippen molar-refractivity contribution in [3.8, 4) is 0 Å². The van der Waals surface area contributed by atoms with Crippen molar-refractivity contribution >= 4 is 15.7 Å². The third kappa shape index (κ3) is 2.20. The molecule has 1 aromatic rings. The molecule has 1 aliphatic rings. The maximum Gasteiger partial charge on any atom is 0.240 e. The summed E-state index contributed by atoms with van der Waals surface area (Å²) in [6.07, 6.45) is 0.883. The first-order valence-corrected chi connectivity index (χ1v) is 6.67. The van der Waals surface area contributed by atoms with E-state index in [1.807, 2.05) is 13.8 Å². The topological polar surface area (TPSA) is 72.2 Å². The van der Waals surface area contributed by atoms with Crippen molar-refractivity contribution in [3.05, 3.63) is 24.3 Å². The molecule has 0 heterocycles. The number of nitrogens with one attached hydrogen (secondary N) is 1. The summed E-state index contributed by atoms with van der Waals surface area (Å²) in [5.41, 5.74) is 6.10. The van der Waals surface area contributed by atoms with Crippen LogP contribution in [-0.4, -0.2) is 14.5 Å². The van der Waals surface area contributed by atoms with Gasteiger partial charge in [0.15, 0.2) is 0 Å². The number of nitrogens with two attached hydrogens (primary N) is 1. The molecule has 4 nitrogen and oxygen atoms in total. The molecule has 0 saturated heterocycles. The summed E-state index contributed by atoms with van der Waals surface area (Å²) in [5, 5.41) is 0. The number of rotatable bonds is 3. The Morgan fingerprint density at radius 2 is 2.06 bits per heavy atom. The molecule has 0 aromatic heterocycles. The minimum atomic E-state index is -3.42. The van der Waals surface area contributed by atoms with Crippen molar-refractivity contribution < 1.29 is 8.42 Å². The lowest BCUT2D eigenvalue weighted by Crippen LogP contribution is -2.28. The highest BCUT2D eigenvalue weighted by Gasteiger charge is 2.47. The fourth-order valence-corrected chi connectivity index (χ4v) is 3.07. The zero-order valence-electron chi connectivity index (χ0n) is 9.40. The Hall–Kier alpha value is -1.07. The number of benzene rings is 1. The number of hydrogen-bond donors (Lipinski definition) is 2. The molecule has 1 saturated carbocycles. The number of sulfonamides is 1. The van der Waals surface area contributed by atoms with Gasteiger partial charge in [-0.1, -0.05) is 19.9 Å². The van der Waals surface area contributed by atoms with E-state index >= 15 is 0 Å². The standard InChI is InChI=1S/C11H16N2O2S/c1-11(2)7-10(11)13-16(14,15)9-5-3-4-8(12)6-9/h3-6,10,13H,7,12H2,1-2H3. The predicted octanol–water partition coefficient (Wildman–Crippen LogP) is 1.35. The van der Waals surface area contributed by atoms with Gasteiger partial charge in [0.05, 0.1) is 4.90 Å². The molecule has 0 amide bonds. The summed E-state index contributed by atoms with van der Waals surface area (Å²) < 4.78 is 26.6. The van der Waals surface area contributed by atoms with E-state index in [0.717, 1.165) is 6.42 Å². The Labute approximate surface area is 95.9 Å². The van der Waals surface area contributed by atoms with Gasteiger partial charge in [-0.15, -0.1) is 0 Å². The van der Waals surface area contributed by atoms with Gasteiger partial charge >= 0.3 is 0 Å². The molecule has 0 aliphatic heterocycles. The highest BCUT2D eigenvalue weighted by atomic mass is 32.2. The number of hydrogen-bond acceptors (Lipinski definition) is 3. The van der Waals surface area contributed by atoms with Gasteiger partial charge in [-0.3, -0.25) is 0 Å². The quantitative estimate of drug-likeness (QED) is 0.783. The molecule has 1 aliphatic carbocycles. The molecule has 88 valence electrons. The fraction of sp³-hybridized carbons (Fsp3) is 0.455. The van der Waals surface area contributed by atoms with Crippen molar-refractivity contribution in [2.75, 3.05) is 5.73 Å². The van der Waals surface area contributed by atoms with Crippen molar-refractivity contribution in [1.29, 1.82) is 0 Å². The second kappa shape index (κ2) is 3.46. The SMILES string of the molecule is CC1(C)CC1NS(=O)(=O)c1cccc(N)c1. The third-order valence-electron chi connectivity index (χ3n) is 2.98. The van der Waals surface area contributed by atoms with Crippen LogP contribution in [0.3, 0.4) is 0 Å². The minimum Gasteiger partial charge on any atom is -0.399 e. The average molecular weight is 240 g/mol. The molecule has 3 N–H and O–H groups in total. The summed E-state index contributed by atoms with van der Waals surface area (Å²) in [7, 11) is -3.42. The molecule has 0 bridgehead atoms. The van der Waals surface area contributed by atoms with Gasteiger partial charge in [0.2, 0.25) is 10.0 Å². The molecule has 16 heavy (non-hydrogen) atoms. The third-order valence-corrected chi connectivity index (χ3v) is 4.45. The minimum absolute atomic E-state index is 0.0407. The first kappa shape index (κ1) is 11.4. The Balaban J connectivity index is 2.20. The lowest BCUT2D eigenvalue weighted by Gasteiger charge is -2.08. The summed E-state index contributed by atoms with van der Waals surface area (Å²) >= 11 is 0. The molecule has 0 radical (unpaired) electrons. The largest absolute Gasteiger partial charge is 0.399 e. The van der Waals surface area contributed by atoms with Crippen LogP contribution in [0.2, 0.25) is 0 Å². The van der Waals surface area contributed by atoms with Gasteiger partial charge in [0.1, 0.15) is 0 Å². The summed E-state index contributed by atoms with van der Waals surface area (Å²) in [4.78, 5) is 0.232. The lowest BCUT2D eigenvalue weighted by molar-refractivity contribution is 0.555. The first-order valence-electron chi connectivity index (χ1n) is 5.19. The molecule has 1 aromatic carbocycles. The molecule has 2 rings (SSSR count). The van der Waals surface area contributed by atoms with Crippen LogP contribution in [0.25, 0.3) is 0 Å². The maximum absolute atomic E-state index is 12.0. The first-order chi connectivity index (χ1) is 7.31. The van der Waals surface area contributed by atoms with Crippen LogP contribution >= 0.6 is 0 Å².